The maximum absolute atomic E-state index is 11.2. The number of halogens is 1. The molecule has 7 nitrogen and oxygen atoms in total. The summed E-state index contributed by atoms with van der Waals surface area (Å²) in [4.78, 5) is 17.2. The highest BCUT2D eigenvalue weighted by molar-refractivity contribution is 9.10. The largest absolute Gasteiger partial charge is 0.465 e. The summed E-state index contributed by atoms with van der Waals surface area (Å²) < 4.78 is 2.64. The third-order valence-electron chi connectivity index (χ3n) is 4.71. The summed E-state index contributed by atoms with van der Waals surface area (Å²) in [7, 11) is 0. The highest BCUT2D eigenvalue weighted by atomic mass is 79.9. The minimum absolute atomic E-state index is 0.256. The smallest absolute Gasteiger partial charge is 0.407 e. The average molecular weight is 366 g/mol. The summed E-state index contributed by atoms with van der Waals surface area (Å²) >= 11 is 3.47. The molecule has 2 N–H and O–H groups in total. The molecule has 2 aliphatic rings. The van der Waals surface area contributed by atoms with Gasteiger partial charge in [0.25, 0.3) is 0 Å². The Morgan fingerprint density at radius 1 is 1.36 bits per heavy atom. The Morgan fingerprint density at radius 3 is 2.73 bits per heavy atom. The van der Waals surface area contributed by atoms with Crippen molar-refractivity contribution in [2.45, 2.75) is 18.9 Å². The third kappa shape index (κ3) is 2.22. The third-order valence-corrected chi connectivity index (χ3v) is 5.33. The molecule has 116 valence electrons. The molecule has 2 atom stereocenters. The standard InChI is InChI=1S/C14H16BrN5O2/c15-10-2-1-5-20-12(10)17-13(18-20)16-11-8-3-4-9(11)7-19(6-8)14(21)22/h1-2,5,8-9,11H,3-4,6-7H2,(H,16,18)(H,21,22). The molecule has 1 amide bonds. The Hall–Kier alpha value is -1.83. The van der Waals surface area contributed by atoms with E-state index in [2.05, 4.69) is 31.3 Å². The maximum atomic E-state index is 11.2. The average Bonchev–Trinajstić information content (AvgIpc) is 2.98. The van der Waals surface area contributed by atoms with Crippen molar-refractivity contribution in [3.8, 4) is 0 Å². The van der Waals surface area contributed by atoms with Gasteiger partial charge in [-0.25, -0.2) is 9.31 Å². The summed E-state index contributed by atoms with van der Waals surface area (Å²) in [5, 5.41) is 17.1. The number of fused-ring (bicyclic) bond motifs is 3. The number of likely N-dealkylation sites (tertiary alicyclic amines) is 1. The molecule has 2 bridgehead atoms. The number of amides is 1. The van der Waals surface area contributed by atoms with Gasteiger partial charge in [-0.1, -0.05) is 0 Å². The fourth-order valence-electron chi connectivity index (χ4n) is 3.70. The van der Waals surface area contributed by atoms with Crippen molar-refractivity contribution in [3.05, 3.63) is 22.8 Å². The summed E-state index contributed by atoms with van der Waals surface area (Å²) in [6.07, 6.45) is 3.16. The van der Waals surface area contributed by atoms with Crippen LogP contribution in [0.4, 0.5) is 10.7 Å². The van der Waals surface area contributed by atoms with Crippen molar-refractivity contribution < 1.29 is 9.90 Å². The van der Waals surface area contributed by atoms with Gasteiger partial charge in [0.05, 0.1) is 4.47 Å². The quantitative estimate of drug-likeness (QED) is 0.852. The van der Waals surface area contributed by atoms with Crippen molar-refractivity contribution in [2.24, 2.45) is 11.8 Å². The Bertz CT molecular complexity index is 719. The number of rotatable bonds is 2. The van der Waals surface area contributed by atoms with E-state index in [-0.39, 0.29) is 6.04 Å². The molecule has 0 radical (unpaired) electrons. The lowest BCUT2D eigenvalue weighted by molar-refractivity contribution is 0.112. The van der Waals surface area contributed by atoms with Crippen LogP contribution in [0.15, 0.2) is 22.8 Å². The van der Waals surface area contributed by atoms with E-state index in [0.29, 0.717) is 30.9 Å². The lowest BCUT2D eigenvalue weighted by Gasteiger charge is -2.36. The molecule has 0 aromatic carbocycles. The molecule has 1 aliphatic heterocycles. The van der Waals surface area contributed by atoms with Gasteiger partial charge in [-0.3, -0.25) is 0 Å². The van der Waals surface area contributed by atoms with E-state index >= 15 is 0 Å². The molecule has 1 saturated heterocycles. The van der Waals surface area contributed by atoms with Crippen LogP contribution >= 0.6 is 15.9 Å². The molecule has 2 fully saturated rings. The van der Waals surface area contributed by atoms with Gasteiger partial charge in [0.2, 0.25) is 5.95 Å². The summed E-state index contributed by atoms with van der Waals surface area (Å²) in [5.74, 6) is 1.28. The van der Waals surface area contributed by atoms with E-state index in [0.717, 1.165) is 23.0 Å². The van der Waals surface area contributed by atoms with Crippen molar-refractivity contribution in [1.82, 2.24) is 19.5 Å². The molecule has 4 rings (SSSR count). The van der Waals surface area contributed by atoms with E-state index in [4.69, 9.17) is 0 Å². The lowest BCUT2D eigenvalue weighted by Crippen LogP contribution is -2.49. The van der Waals surface area contributed by atoms with E-state index in [1.165, 1.54) is 4.90 Å². The van der Waals surface area contributed by atoms with Crippen LogP contribution in [0.1, 0.15) is 12.8 Å². The number of anilines is 1. The molecule has 2 aromatic rings. The van der Waals surface area contributed by atoms with Crippen LogP contribution in [0.3, 0.4) is 0 Å². The first-order chi connectivity index (χ1) is 10.6. The van der Waals surface area contributed by atoms with Gasteiger partial charge in [-0.05, 0) is 52.7 Å². The van der Waals surface area contributed by atoms with Crippen LogP contribution < -0.4 is 5.32 Å². The van der Waals surface area contributed by atoms with Gasteiger partial charge in [-0.2, -0.15) is 4.98 Å². The Balaban J connectivity index is 1.56. The topological polar surface area (TPSA) is 82.8 Å². The summed E-state index contributed by atoms with van der Waals surface area (Å²) in [5.41, 5.74) is 0.778. The van der Waals surface area contributed by atoms with E-state index in [1.807, 2.05) is 18.3 Å². The first-order valence-corrected chi connectivity index (χ1v) is 8.16. The number of hydrogen-bond donors (Lipinski definition) is 2. The minimum Gasteiger partial charge on any atom is -0.465 e. The number of carbonyl (C=O) groups is 1. The molecule has 3 heterocycles. The van der Waals surface area contributed by atoms with Crippen molar-refractivity contribution in [3.63, 3.8) is 0 Å². The summed E-state index contributed by atoms with van der Waals surface area (Å²) in [6, 6.07) is 4.10. The van der Waals surface area contributed by atoms with E-state index in [1.54, 1.807) is 4.52 Å². The first kappa shape index (κ1) is 13.8. The fraction of sp³-hybridized carbons (Fsp3) is 0.500. The molecular weight excluding hydrogens is 350 g/mol. The maximum Gasteiger partial charge on any atom is 0.407 e. The normalized spacial score (nSPS) is 27.3. The Kier molecular flexibility index (Phi) is 3.21. The predicted molar refractivity (Wildman–Crippen MR) is 83.9 cm³/mol. The second kappa shape index (κ2) is 5.12. The van der Waals surface area contributed by atoms with Gasteiger partial charge in [0.15, 0.2) is 5.65 Å². The number of nitrogens with one attached hydrogen (secondary N) is 1. The Morgan fingerprint density at radius 2 is 2.09 bits per heavy atom. The molecule has 8 heteroatoms. The molecule has 1 saturated carbocycles. The first-order valence-electron chi connectivity index (χ1n) is 7.37. The molecule has 2 unspecified atom stereocenters. The monoisotopic (exact) mass is 365 g/mol. The number of pyridine rings is 1. The second-order valence-corrected chi connectivity index (χ2v) is 6.87. The predicted octanol–water partition coefficient (Wildman–Crippen LogP) is 2.29. The zero-order valence-electron chi connectivity index (χ0n) is 11.8. The number of aromatic nitrogens is 3. The van der Waals surface area contributed by atoms with E-state index in [9.17, 15) is 9.90 Å². The van der Waals surface area contributed by atoms with Crippen molar-refractivity contribution in [1.29, 1.82) is 0 Å². The van der Waals surface area contributed by atoms with Crippen LogP contribution in [0, 0.1) is 11.8 Å². The lowest BCUT2D eigenvalue weighted by atomic mass is 9.92. The number of piperidine rings is 1. The Labute approximate surface area is 135 Å². The zero-order chi connectivity index (χ0) is 15.3. The fourth-order valence-corrected chi connectivity index (χ4v) is 4.12. The van der Waals surface area contributed by atoms with Gasteiger partial charge in [0.1, 0.15) is 0 Å². The molecule has 22 heavy (non-hydrogen) atoms. The summed E-state index contributed by atoms with van der Waals surface area (Å²) in [6.45, 7) is 1.20. The van der Waals surface area contributed by atoms with Crippen LogP contribution in [0.5, 0.6) is 0 Å². The van der Waals surface area contributed by atoms with Crippen LogP contribution in [-0.2, 0) is 0 Å². The van der Waals surface area contributed by atoms with Gasteiger partial charge in [-0.15, -0.1) is 5.10 Å². The van der Waals surface area contributed by atoms with Crippen molar-refractivity contribution in [2.75, 3.05) is 18.4 Å². The molecule has 2 aromatic heterocycles. The van der Waals surface area contributed by atoms with Crippen molar-refractivity contribution >= 4 is 33.6 Å². The van der Waals surface area contributed by atoms with Gasteiger partial charge in [0, 0.05) is 25.3 Å². The number of nitrogens with zero attached hydrogens (tertiary/aromatic N) is 4. The second-order valence-electron chi connectivity index (χ2n) is 6.01. The molecular formula is C14H16BrN5O2. The van der Waals surface area contributed by atoms with Crippen LogP contribution in [-0.4, -0.2) is 49.8 Å². The molecule has 0 spiro atoms. The SMILES string of the molecule is O=C(O)N1CC2CCC(C1)C2Nc1nc2c(Br)cccn2n1. The zero-order valence-corrected chi connectivity index (χ0v) is 13.4. The van der Waals surface area contributed by atoms with Gasteiger partial charge >= 0.3 is 6.09 Å². The minimum atomic E-state index is -0.815. The number of carboxylic acid groups (broad SMARTS) is 1. The van der Waals surface area contributed by atoms with Crippen LogP contribution in [0.2, 0.25) is 0 Å². The highest BCUT2D eigenvalue weighted by Gasteiger charge is 2.43. The highest BCUT2D eigenvalue weighted by Crippen LogP contribution is 2.38. The molecule has 1 aliphatic carbocycles. The number of hydrogen-bond acceptors (Lipinski definition) is 4. The van der Waals surface area contributed by atoms with E-state index < -0.39 is 6.09 Å². The van der Waals surface area contributed by atoms with Crippen LogP contribution in [0.25, 0.3) is 5.65 Å². The van der Waals surface area contributed by atoms with Gasteiger partial charge < -0.3 is 15.3 Å².